The van der Waals surface area contributed by atoms with E-state index in [4.69, 9.17) is 16.3 Å². The van der Waals surface area contributed by atoms with Crippen LogP contribution in [0.1, 0.15) is 11.3 Å². The third-order valence-electron chi connectivity index (χ3n) is 4.29. The molecule has 4 rings (SSSR count). The zero-order valence-electron chi connectivity index (χ0n) is 14.9. The number of carbonyl (C=O) groups excluding carboxylic acids is 1. The van der Waals surface area contributed by atoms with Crippen LogP contribution in [0.3, 0.4) is 0 Å². The van der Waals surface area contributed by atoms with Crippen molar-refractivity contribution < 1.29 is 22.3 Å². The highest BCUT2D eigenvalue weighted by Gasteiger charge is 2.33. The second-order valence-corrected chi connectivity index (χ2v) is 8.97. The zero-order valence-corrected chi connectivity index (χ0v) is 16.5. The minimum Gasteiger partial charge on any atom is -0.481 e. The Balaban J connectivity index is 1.62. The summed E-state index contributed by atoms with van der Waals surface area (Å²) in [4.78, 5) is 12.4. The van der Waals surface area contributed by atoms with Gasteiger partial charge in [0.15, 0.2) is 28.0 Å². The van der Waals surface area contributed by atoms with E-state index >= 15 is 0 Å². The van der Waals surface area contributed by atoms with E-state index in [1.807, 2.05) is 0 Å². The summed E-state index contributed by atoms with van der Waals surface area (Å²) in [5, 5.41) is 7.45. The van der Waals surface area contributed by atoms with Crippen LogP contribution in [0, 0.1) is 5.82 Å². The molecule has 1 amide bonds. The van der Waals surface area contributed by atoms with E-state index < -0.39 is 28.2 Å². The van der Waals surface area contributed by atoms with E-state index in [0.717, 1.165) is 0 Å². The van der Waals surface area contributed by atoms with Crippen molar-refractivity contribution in [3.05, 3.63) is 70.6 Å². The summed E-state index contributed by atoms with van der Waals surface area (Å²) in [5.41, 5.74) is 1.36. The molecule has 7 nitrogen and oxygen atoms in total. The van der Waals surface area contributed by atoms with Crippen molar-refractivity contribution in [2.75, 3.05) is 11.9 Å². The van der Waals surface area contributed by atoms with Crippen LogP contribution in [0.5, 0.6) is 5.75 Å². The molecule has 1 aromatic heterocycles. The van der Waals surface area contributed by atoms with Crippen molar-refractivity contribution in [3.63, 3.8) is 0 Å². The predicted molar refractivity (Wildman–Crippen MR) is 105 cm³/mol. The van der Waals surface area contributed by atoms with Crippen molar-refractivity contribution in [2.24, 2.45) is 0 Å². The van der Waals surface area contributed by atoms with Gasteiger partial charge in [0.1, 0.15) is 5.82 Å². The maximum Gasteiger partial charge on any atom is 0.263 e. The first-order valence-corrected chi connectivity index (χ1v) is 10.8. The van der Waals surface area contributed by atoms with Crippen LogP contribution >= 0.6 is 11.6 Å². The Labute approximate surface area is 171 Å². The standard InChI is InChI=1S/C19H15ClFN3O4S/c20-12-4-3-5-13(8-12)24-19(14-10-29(26,27)11-16(14)23-24)22-18(25)9-28-17-7-2-1-6-15(17)21/h1-8H,9-11H2,(H,22,25). The highest BCUT2D eigenvalue weighted by molar-refractivity contribution is 7.90. The van der Waals surface area contributed by atoms with E-state index in [1.165, 1.54) is 22.9 Å². The fraction of sp³-hybridized carbons (Fsp3) is 0.158. The second kappa shape index (κ2) is 7.49. The quantitative estimate of drug-likeness (QED) is 0.665. The number of benzene rings is 2. The van der Waals surface area contributed by atoms with Gasteiger partial charge in [-0.2, -0.15) is 5.10 Å². The summed E-state index contributed by atoms with van der Waals surface area (Å²) >= 11 is 6.05. The maximum absolute atomic E-state index is 13.7. The minimum absolute atomic E-state index is 0.0567. The van der Waals surface area contributed by atoms with Gasteiger partial charge < -0.3 is 10.1 Å². The van der Waals surface area contributed by atoms with Crippen LogP contribution < -0.4 is 10.1 Å². The molecule has 0 spiro atoms. The first-order chi connectivity index (χ1) is 13.8. The average Bonchev–Trinajstić information content (AvgIpc) is 3.14. The molecule has 1 N–H and O–H groups in total. The zero-order chi connectivity index (χ0) is 20.6. The lowest BCUT2D eigenvalue weighted by atomic mass is 10.2. The van der Waals surface area contributed by atoms with E-state index in [9.17, 15) is 17.6 Å². The number of anilines is 1. The second-order valence-electron chi connectivity index (χ2n) is 6.47. The van der Waals surface area contributed by atoms with Crippen LogP contribution in [-0.4, -0.2) is 30.7 Å². The Hall–Kier alpha value is -2.91. The van der Waals surface area contributed by atoms with Crippen LogP contribution in [0.15, 0.2) is 48.5 Å². The van der Waals surface area contributed by atoms with Gasteiger partial charge in [-0.15, -0.1) is 0 Å². The number of rotatable bonds is 5. The number of carbonyl (C=O) groups is 1. The molecule has 10 heteroatoms. The van der Waals surface area contributed by atoms with Crippen LogP contribution in [0.4, 0.5) is 10.2 Å². The Bertz CT molecular complexity index is 1210. The fourth-order valence-electron chi connectivity index (χ4n) is 3.04. The van der Waals surface area contributed by atoms with Gasteiger partial charge in [-0.1, -0.05) is 29.8 Å². The fourth-order valence-corrected chi connectivity index (χ4v) is 4.72. The average molecular weight is 436 g/mol. The molecule has 150 valence electrons. The summed E-state index contributed by atoms with van der Waals surface area (Å²) in [5.74, 6) is -1.43. The number of amides is 1. The number of nitrogens with one attached hydrogen (secondary N) is 1. The van der Waals surface area contributed by atoms with Gasteiger partial charge in [0, 0.05) is 10.6 Å². The third kappa shape index (κ3) is 4.10. The van der Waals surface area contributed by atoms with Gasteiger partial charge in [0.2, 0.25) is 0 Å². The number of halogens is 2. The molecule has 0 atom stereocenters. The Kier molecular flexibility index (Phi) is 5.01. The number of nitrogens with zero attached hydrogens (tertiary/aromatic N) is 2. The smallest absolute Gasteiger partial charge is 0.263 e. The summed E-state index contributed by atoms with van der Waals surface area (Å²) in [6, 6.07) is 12.5. The normalized spacial score (nSPS) is 14.4. The number of para-hydroxylation sites is 1. The lowest BCUT2D eigenvalue weighted by Gasteiger charge is -2.12. The number of ether oxygens (including phenoxy) is 1. The minimum atomic E-state index is -3.32. The molecule has 0 unspecified atom stereocenters. The van der Waals surface area contributed by atoms with Gasteiger partial charge in [0.05, 0.1) is 22.9 Å². The highest BCUT2D eigenvalue weighted by atomic mass is 35.5. The first kappa shape index (κ1) is 19.4. The summed E-state index contributed by atoms with van der Waals surface area (Å²) in [6.45, 7) is -0.455. The highest BCUT2D eigenvalue weighted by Crippen LogP contribution is 2.33. The monoisotopic (exact) mass is 435 g/mol. The number of aromatic nitrogens is 2. The Morgan fingerprint density at radius 1 is 1.21 bits per heavy atom. The van der Waals surface area contributed by atoms with Crippen molar-refractivity contribution in [1.29, 1.82) is 0 Å². The largest absolute Gasteiger partial charge is 0.481 e. The van der Waals surface area contributed by atoms with E-state index in [-0.39, 0.29) is 23.1 Å². The predicted octanol–water partition coefficient (Wildman–Crippen LogP) is 3.11. The lowest BCUT2D eigenvalue weighted by Crippen LogP contribution is -2.23. The Morgan fingerprint density at radius 3 is 2.76 bits per heavy atom. The molecule has 29 heavy (non-hydrogen) atoms. The number of hydrogen-bond donors (Lipinski definition) is 1. The molecule has 0 saturated heterocycles. The maximum atomic E-state index is 13.7. The van der Waals surface area contributed by atoms with Crippen LogP contribution in [0.25, 0.3) is 5.69 Å². The number of hydrogen-bond acceptors (Lipinski definition) is 5. The molecular weight excluding hydrogens is 421 g/mol. The number of fused-ring (bicyclic) bond motifs is 1. The molecule has 0 radical (unpaired) electrons. The molecular formula is C19H15ClFN3O4S. The van der Waals surface area contributed by atoms with Gasteiger partial charge in [0.25, 0.3) is 5.91 Å². The topological polar surface area (TPSA) is 90.3 Å². The third-order valence-corrected chi connectivity index (χ3v) is 5.97. The van der Waals surface area contributed by atoms with E-state index in [0.29, 0.717) is 22.0 Å². The SMILES string of the molecule is O=C(COc1ccccc1F)Nc1c2c(nn1-c1cccc(Cl)c1)CS(=O)(=O)C2. The summed E-state index contributed by atoms with van der Waals surface area (Å²) in [7, 11) is -3.32. The molecule has 0 saturated carbocycles. The Morgan fingerprint density at radius 2 is 2.00 bits per heavy atom. The van der Waals surface area contributed by atoms with E-state index in [2.05, 4.69) is 10.4 Å². The van der Waals surface area contributed by atoms with Crippen molar-refractivity contribution in [2.45, 2.75) is 11.5 Å². The van der Waals surface area contributed by atoms with Crippen molar-refractivity contribution in [3.8, 4) is 11.4 Å². The molecule has 2 aromatic carbocycles. The summed E-state index contributed by atoms with van der Waals surface area (Å²) < 4.78 is 44.3. The molecule has 0 fully saturated rings. The molecule has 2 heterocycles. The van der Waals surface area contributed by atoms with Gasteiger partial charge in [-0.3, -0.25) is 4.79 Å². The van der Waals surface area contributed by atoms with Gasteiger partial charge in [-0.05, 0) is 30.3 Å². The molecule has 1 aliphatic rings. The van der Waals surface area contributed by atoms with Gasteiger partial charge in [-0.25, -0.2) is 17.5 Å². The first-order valence-electron chi connectivity index (χ1n) is 8.57. The van der Waals surface area contributed by atoms with E-state index in [1.54, 1.807) is 30.3 Å². The molecule has 3 aromatic rings. The van der Waals surface area contributed by atoms with Crippen molar-refractivity contribution in [1.82, 2.24) is 9.78 Å². The lowest BCUT2D eigenvalue weighted by molar-refractivity contribution is -0.118. The van der Waals surface area contributed by atoms with Crippen LogP contribution in [0.2, 0.25) is 5.02 Å². The number of sulfone groups is 1. The molecule has 0 aliphatic carbocycles. The summed E-state index contributed by atoms with van der Waals surface area (Å²) in [6.07, 6.45) is 0. The van der Waals surface area contributed by atoms with Crippen LogP contribution in [-0.2, 0) is 26.1 Å². The van der Waals surface area contributed by atoms with Gasteiger partial charge >= 0.3 is 0 Å². The molecule has 1 aliphatic heterocycles. The van der Waals surface area contributed by atoms with Crippen molar-refractivity contribution >= 4 is 33.2 Å². The molecule has 0 bridgehead atoms.